The summed E-state index contributed by atoms with van der Waals surface area (Å²) >= 11 is 0. The van der Waals surface area contributed by atoms with Gasteiger partial charge in [0.1, 0.15) is 11.4 Å². The van der Waals surface area contributed by atoms with Crippen molar-refractivity contribution in [1.29, 1.82) is 0 Å². The maximum atomic E-state index is 11.4. The summed E-state index contributed by atoms with van der Waals surface area (Å²) < 4.78 is 5.26. The molecule has 0 heterocycles. The lowest BCUT2D eigenvalue weighted by Gasteiger charge is -2.30. The first-order valence-electron chi connectivity index (χ1n) is 8.39. The van der Waals surface area contributed by atoms with Gasteiger partial charge in [0.15, 0.2) is 0 Å². The molecule has 0 aromatic heterocycles. The van der Waals surface area contributed by atoms with Crippen molar-refractivity contribution < 1.29 is 9.84 Å². The average Bonchev–Trinajstić information content (AvgIpc) is 2.69. The Labute approximate surface area is 161 Å². The lowest BCUT2D eigenvalue weighted by atomic mass is 9.86. The highest BCUT2D eigenvalue weighted by Crippen LogP contribution is 2.29. The van der Waals surface area contributed by atoms with Crippen LogP contribution in [-0.2, 0) is 12.1 Å². The number of hydrogen-bond acceptors (Lipinski definition) is 3. The summed E-state index contributed by atoms with van der Waals surface area (Å²) in [6, 6.07) is 27.5. The summed E-state index contributed by atoms with van der Waals surface area (Å²) in [5.74, 6) is 0.834. The molecule has 0 aliphatic rings. The summed E-state index contributed by atoms with van der Waals surface area (Å²) in [5.41, 5.74) is 1.78. The zero-order chi connectivity index (χ0) is 17.5. The molecule has 0 aliphatic carbocycles. The first kappa shape index (κ1) is 20.0. The van der Waals surface area contributed by atoms with Crippen molar-refractivity contribution in [3.8, 4) is 5.75 Å². The largest absolute Gasteiger partial charge is 0.497 e. The Bertz CT molecular complexity index is 754. The molecule has 0 amide bonds. The monoisotopic (exact) mass is 369 g/mol. The van der Waals surface area contributed by atoms with E-state index in [-0.39, 0.29) is 12.4 Å². The molecule has 0 bridgehead atoms. The minimum atomic E-state index is -1.08. The number of aliphatic hydroxyl groups is 1. The van der Waals surface area contributed by atoms with Crippen molar-refractivity contribution in [1.82, 2.24) is 5.32 Å². The zero-order valence-corrected chi connectivity index (χ0v) is 15.6. The first-order chi connectivity index (χ1) is 12.2. The van der Waals surface area contributed by atoms with Crippen molar-refractivity contribution in [2.75, 3.05) is 13.7 Å². The van der Waals surface area contributed by atoms with Crippen molar-refractivity contribution in [3.63, 3.8) is 0 Å². The number of ether oxygens (including phenoxy) is 1. The van der Waals surface area contributed by atoms with E-state index in [9.17, 15) is 5.11 Å². The van der Waals surface area contributed by atoms with Crippen LogP contribution in [0.3, 0.4) is 0 Å². The molecule has 0 saturated heterocycles. The number of rotatable bonds is 7. The van der Waals surface area contributed by atoms with Gasteiger partial charge in [0.2, 0.25) is 0 Å². The quantitative estimate of drug-likeness (QED) is 0.657. The maximum absolute atomic E-state index is 11.4. The van der Waals surface area contributed by atoms with Gasteiger partial charge in [-0.05, 0) is 28.8 Å². The van der Waals surface area contributed by atoms with E-state index < -0.39 is 5.60 Å². The molecule has 0 aliphatic heterocycles. The van der Waals surface area contributed by atoms with Gasteiger partial charge in [-0.1, -0.05) is 72.8 Å². The molecular formula is C22H24ClNO2. The Morgan fingerprint density at radius 2 is 1.42 bits per heavy atom. The van der Waals surface area contributed by atoms with E-state index in [1.54, 1.807) is 7.11 Å². The van der Waals surface area contributed by atoms with Crippen LogP contribution in [0.4, 0.5) is 0 Å². The number of hydrogen-bond donors (Lipinski definition) is 2. The van der Waals surface area contributed by atoms with Gasteiger partial charge in [-0.25, -0.2) is 0 Å². The number of methoxy groups -OCH3 is 1. The Morgan fingerprint density at radius 1 is 0.846 bits per heavy atom. The molecule has 3 nitrogen and oxygen atoms in total. The Hall–Kier alpha value is -2.33. The maximum Gasteiger partial charge on any atom is 0.127 e. The third-order valence-corrected chi connectivity index (χ3v) is 4.35. The lowest BCUT2D eigenvalue weighted by molar-refractivity contribution is 0.0796. The summed E-state index contributed by atoms with van der Waals surface area (Å²) in [4.78, 5) is 0. The third kappa shape index (κ3) is 4.64. The van der Waals surface area contributed by atoms with E-state index in [0.717, 1.165) is 22.4 Å². The summed E-state index contributed by atoms with van der Waals surface area (Å²) in [7, 11) is 1.66. The highest BCUT2D eigenvalue weighted by atomic mass is 35.5. The van der Waals surface area contributed by atoms with E-state index in [2.05, 4.69) is 5.32 Å². The van der Waals surface area contributed by atoms with Crippen LogP contribution in [0.2, 0.25) is 0 Å². The summed E-state index contributed by atoms with van der Waals surface area (Å²) in [6.07, 6.45) is 0. The molecule has 3 aromatic rings. The van der Waals surface area contributed by atoms with Gasteiger partial charge in [0.05, 0.1) is 7.11 Å². The SMILES string of the molecule is COc1cccc(CNCC(O)(c2ccccc2)c2ccccc2)c1.Cl. The molecule has 26 heavy (non-hydrogen) atoms. The van der Waals surface area contributed by atoms with Gasteiger partial charge in [-0.3, -0.25) is 0 Å². The third-order valence-electron chi connectivity index (χ3n) is 4.35. The molecular weight excluding hydrogens is 346 g/mol. The van der Waals surface area contributed by atoms with Gasteiger partial charge in [0, 0.05) is 13.1 Å². The summed E-state index contributed by atoms with van der Waals surface area (Å²) in [5, 5.41) is 14.8. The zero-order valence-electron chi connectivity index (χ0n) is 14.8. The highest BCUT2D eigenvalue weighted by Gasteiger charge is 2.30. The molecule has 0 saturated carbocycles. The van der Waals surface area contributed by atoms with E-state index in [1.807, 2.05) is 84.9 Å². The first-order valence-corrected chi connectivity index (χ1v) is 8.39. The van der Waals surface area contributed by atoms with Crippen LogP contribution in [0, 0.1) is 0 Å². The van der Waals surface area contributed by atoms with E-state index >= 15 is 0 Å². The molecule has 0 atom stereocenters. The van der Waals surface area contributed by atoms with Crippen LogP contribution in [-0.4, -0.2) is 18.8 Å². The standard InChI is InChI=1S/C22H23NO2.ClH/c1-25-21-14-8-9-18(15-21)16-23-17-22(24,19-10-4-2-5-11-19)20-12-6-3-7-13-20;/h2-15,23-24H,16-17H2,1H3;1H. The van der Waals surface area contributed by atoms with Gasteiger partial charge >= 0.3 is 0 Å². The van der Waals surface area contributed by atoms with Crippen LogP contribution in [0.15, 0.2) is 84.9 Å². The molecule has 0 radical (unpaired) electrons. The van der Waals surface area contributed by atoms with Crippen LogP contribution in [0.5, 0.6) is 5.75 Å². The minimum absolute atomic E-state index is 0. The van der Waals surface area contributed by atoms with Crippen molar-refractivity contribution in [2.45, 2.75) is 12.1 Å². The molecule has 3 aromatic carbocycles. The summed E-state index contributed by atoms with van der Waals surface area (Å²) in [6.45, 7) is 1.07. The highest BCUT2D eigenvalue weighted by molar-refractivity contribution is 5.85. The predicted octanol–water partition coefficient (Wildman–Crippen LogP) is 4.14. The molecule has 0 spiro atoms. The van der Waals surface area contributed by atoms with Gasteiger partial charge in [-0.2, -0.15) is 0 Å². The topological polar surface area (TPSA) is 41.5 Å². The molecule has 136 valence electrons. The fraction of sp³-hybridized carbons (Fsp3) is 0.182. The van der Waals surface area contributed by atoms with Gasteiger partial charge < -0.3 is 15.2 Å². The second kappa shape index (κ2) is 9.39. The average molecular weight is 370 g/mol. The Balaban J connectivity index is 0.00000243. The number of halogens is 1. The Morgan fingerprint density at radius 3 is 1.96 bits per heavy atom. The van der Waals surface area contributed by atoms with E-state index in [0.29, 0.717) is 13.1 Å². The minimum Gasteiger partial charge on any atom is -0.497 e. The molecule has 0 fully saturated rings. The lowest BCUT2D eigenvalue weighted by Crippen LogP contribution is -2.39. The second-order valence-electron chi connectivity index (χ2n) is 6.05. The van der Waals surface area contributed by atoms with E-state index in [4.69, 9.17) is 4.74 Å². The van der Waals surface area contributed by atoms with Crippen molar-refractivity contribution >= 4 is 12.4 Å². The van der Waals surface area contributed by atoms with Crippen LogP contribution < -0.4 is 10.1 Å². The van der Waals surface area contributed by atoms with Crippen LogP contribution in [0.1, 0.15) is 16.7 Å². The number of benzene rings is 3. The Kier molecular flexibility index (Phi) is 7.22. The van der Waals surface area contributed by atoms with Crippen LogP contribution in [0.25, 0.3) is 0 Å². The van der Waals surface area contributed by atoms with Gasteiger partial charge in [0.25, 0.3) is 0 Å². The second-order valence-corrected chi connectivity index (χ2v) is 6.05. The van der Waals surface area contributed by atoms with Gasteiger partial charge in [-0.15, -0.1) is 12.4 Å². The predicted molar refractivity (Wildman–Crippen MR) is 108 cm³/mol. The molecule has 3 rings (SSSR count). The van der Waals surface area contributed by atoms with E-state index in [1.165, 1.54) is 0 Å². The number of nitrogens with one attached hydrogen (secondary N) is 1. The van der Waals surface area contributed by atoms with Crippen molar-refractivity contribution in [3.05, 3.63) is 102 Å². The fourth-order valence-electron chi connectivity index (χ4n) is 2.97. The smallest absolute Gasteiger partial charge is 0.127 e. The van der Waals surface area contributed by atoms with Crippen molar-refractivity contribution in [2.24, 2.45) is 0 Å². The molecule has 0 unspecified atom stereocenters. The van der Waals surface area contributed by atoms with Crippen LogP contribution >= 0.6 is 12.4 Å². The molecule has 2 N–H and O–H groups in total. The fourth-order valence-corrected chi connectivity index (χ4v) is 2.97. The normalized spacial score (nSPS) is 10.8. The molecule has 4 heteroatoms.